The molecule has 1 aromatic heterocycles. The molecule has 17 heavy (non-hydrogen) atoms. The van der Waals surface area contributed by atoms with Crippen LogP contribution in [0.2, 0.25) is 5.02 Å². The topological polar surface area (TPSA) is 63.8 Å². The van der Waals surface area contributed by atoms with E-state index in [1.807, 2.05) is 18.2 Å². The SMILES string of the molecule is NNC(c1cncnc1)c1cc(Br)ccc1Cl. The Morgan fingerprint density at radius 3 is 2.65 bits per heavy atom. The normalized spacial score (nSPS) is 12.4. The molecule has 0 amide bonds. The van der Waals surface area contributed by atoms with Crippen molar-refractivity contribution in [3.8, 4) is 0 Å². The van der Waals surface area contributed by atoms with Crippen molar-refractivity contribution in [2.24, 2.45) is 5.84 Å². The predicted octanol–water partition coefficient (Wildman–Crippen LogP) is 2.45. The zero-order chi connectivity index (χ0) is 12.3. The first kappa shape index (κ1) is 12.4. The average molecular weight is 314 g/mol. The molecule has 0 aliphatic rings. The summed E-state index contributed by atoms with van der Waals surface area (Å²) in [6.07, 6.45) is 4.88. The van der Waals surface area contributed by atoms with E-state index in [2.05, 4.69) is 31.3 Å². The van der Waals surface area contributed by atoms with Gasteiger partial charge in [0.1, 0.15) is 6.33 Å². The number of rotatable bonds is 3. The Labute approximate surface area is 112 Å². The van der Waals surface area contributed by atoms with E-state index in [4.69, 9.17) is 17.4 Å². The van der Waals surface area contributed by atoms with Gasteiger partial charge in [-0.15, -0.1) is 0 Å². The highest BCUT2D eigenvalue weighted by Crippen LogP contribution is 2.29. The Balaban J connectivity index is 2.46. The minimum atomic E-state index is -0.235. The standard InChI is InChI=1S/C11H10BrClN4/c12-8-1-2-10(13)9(3-8)11(17-14)7-4-15-6-16-5-7/h1-6,11,17H,14H2. The van der Waals surface area contributed by atoms with Crippen LogP contribution in [0.4, 0.5) is 0 Å². The van der Waals surface area contributed by atoms with Gasteiger partial charge in [-0.1, -0.05) is 27.5 Å². The first-order chi connectivity index (χ1) is 8.22. The third-order valence-electron chi connectivity index (χ3n) is 2.35. The maximum absolute atomic E-state index is 6.16. The molecule has 0 aliphatic heterocycles. The average Bonchev–Trinajstić information content (AvgIpc) is 2.36. The molecular weight excluding hydrogens is 304 g/mol. The lowest BCUT2D eigenvalue weighted by atomic mass is 10.0. The van der Waals surface area contributed by atoms with E-state index in [9.17, 15) is 0 Å². The number of hydrazine groups is 1. The molecule has 0 spiro atoms. The highest BCUT2D eigenvalue weighted by atomic mass is 79.9. The number of nitrogens with one attached hydrogen (secondary N) is 1. The minimum absolute atomic E-state index is 0.235. The summed E-state index contributed by atoms with van der Waals surface area (Å²) in [7, 11) is 0. The monoisotopic (exact) mass is 312 g/mol. The highest BCUT2D eigenvalue weighted by Gasteiger charge is 2.16. The van der Waals surface area contributed by atoms with Crippen LogP contribution in [-0.2, 0) is 0 Å². The Bertz CT molecular complexity index is 506. The third-order valence-corrected chi connectivity index (χ3v) is 3.19. The van der Waals surface area contributed by atoms with Gasteiger partial charge in [-0.3, -0.25) is 5.84 Å². The molecule has 3 N–H and O–H groups in total. The first-order valence-corrected chi connectivity index (χ1v) is 6.05. The molecule has 0 radical (unpaired) electrons. The fraction of sp³-hybridized carbons (Fsp3) is 0.0909. The lowest BCUT2D eigenvalue weighted by molar-refractivity contribution is 0.631. The van der Waals surface area contributed by atoms with E-state index in [0.717, 1.165) is 15.6 Å². The van der Waals surface area contributed by atoms with E-state index in [1.165, 1.54) is 6.33 Å². The summed E-state index contributed by atoms with van der Waals surface area (Å²) < 4.78 is 0.939. The molecule has 4 nitrogen and oxygen atoms in total. The lowest BCUT2D eigenvalue weighted by Crippen LogP contribution is -2.29. The zero-order valence-electron chi connectivity index (χ0n) is 8.77. The molecule has 0 saturated carbocycles. The molecule has 88 valence electrons. The van der Waals surface area contributed by atoms with Crippen LogP contribution in [0.3, 0.4) is 0 Å². The summed E-state index contributed by atoms with van der Waals surface area (Å²) in [5, 5.41) is 0.639. The molecule has 0 saturated heterocycles. The summed E-state index contributed by atoms with van der Waals surface area (Å²) in [5.74, 6) is 5.58. The van der Waals surface area contributed by atoms with Gasteiger partial charge in [0, 0.05) is 27.5 Å². The number of hydrogen-bond acceptors (Lipinski definition) is 4. The summed E-state index contributed by atoms with van der Waals surface area (Å²) in [4.78, 5) is 7.94. The Morgan fingerprint density at radius 2 is 2.00 bits per heavy atom. The van der Waals surface area contributed by atoms with Crippen molar-refractivity contribution in [2.75, 3.05) is 0 Å². The summed E-state index contributed by atoms with van der Waals surface area (Å²) >= 11 is 9.57. The summed E-state index contributed by atoms with van der Waals surface area (Å²) in [6.45, 7) is 0. The molecular formula is C11H10BrClN4. The van der Waals surface area contributed by atoms with Crippen LogP contribution >= 0.6 is 27.5 Å². The van der Waals surface area contributed by atoms with Crippen LogP contribution in [0.25, 0.3) is 0 Å². The minimum Gasteiger partial charge on any atom is -0.271 e. The molecule has 1 atom stereocenters. The molecule has 2 rings (SSSR count). The molecule has 1 unspecified atom stereocenters. The van der Waals surface area contributed by atoms with Crippen LogP contribution in [0, 0.1) is 0 Å². The van der Waals surface area contributed by atoms with Crippen molar-refractivity contribution in [3.63, 3.8) is 0 Å². The lowest BCUT2D eigenvalue weighted by Gasteiger charge is -2.17. The van der Waals surface area contributed by atoms with Crippen molar-refractivity contribution in [1.29, 1.82) is 0 Å². The first-order valence-electron chi connectivity index (χ1n) is 4.88. The second-order valence-corrected chi connectivity index (χ2v) is 4.76. The Morgan fingerprint density at radius 1 is 1.29 bits per heavy atom. The van der Waals surface area contributed by atoms with Gasteiger partial charge >= 0.3 is 0 Å². The Hall–Kier alpha value is -1.01. The van der Waals surface area contributed by atoms with Crippen molar-refractivity contribution in [2.45, 2.75) is 6.04 Å². The number of nitrogens with two attached hydrogens (primary N) is 1. The van der Waals surface area contributed by atoms with E-state index in [-0.39, 0.29) is 6.04 Å². The number of hydrogen-bond donors (Lipinski definition) is 2. The van der Waals surface area contributed by atoms with E-state index < -0.39 is 0 Å². The smallest absolute Gasteiger partial charge is 0.115 e. The van der Waals surface area contributed by atoms with Crippen LogP contribution < -0.4 is 11.3 Å². The number of aromatic nitrogens is 2. The molecule has 0 fully saturated rings. The van der Waals surface area contributed by atoms with Gasteiger partial charge in [0.05, 0.1) is 6.04 Å². The van der Waals surface area contributed by atoms with Crippen molar-refractivity contribution in [3.05, 3.63) is 57.5 Å². The predicted molar refractivity (Wildman–Crippen MR) is 70.4 cm³/mol. The Kier molecular flexibility index (Phi) is 4.06. The fourth-order valence-corrected chi connectivity index (χ4v) is 2.17. The summed E-state index contributed by atoms with van der Waals surface area (Å²) in [5.41, 5.74) is 4.45. The second kappa shape index (κ2) is 5.55. The fourth-order valence-electron chi connectivity index (χ4n) is 1.56. The largest absolute Gasteiger partial charge is 0.271 e. The van der Waals surface area contributed by atoms with Crippen LogP contribution in [0.15, 0.2) is 41.4 Å². The molecule has 1 heterocycles. The van der Waals surface area contributed by atoms with Crippen molar-refractivity contribution < 1.29 is 0 Å². The van der Waals surface area contributed by atoms with Crippen LogP contribution in [0.5, 0.6) is 0 Å². The van der Waals surface area contributed by atoms with E-state index >= 15 is 0 Å². The van der Waals surface area contributed by atoms with Gasteiger partial charge < -0.3 is 0 Å². The van der Waals surface area contributed by atoms with Gasteiger partial charge in [-0.25, -0.2) is 15.4 Å². The van der Waals surface area contributed by atoms with Crippen LogP contribution in [-0.4, -0.2) is 9.97 Å². The van der Waals surface area contributed by atoms with Gasteiger partial charge in [0.2, 0.25) is 0 Å². The van der Waals surface area contributed by atoms with Crippen molar-refractivity contribution >= 4 is 27.5 Å². The highest BCUT2D eigenvalue weighted by molar-refractivity contribution is 9.10. The number of nitrogens with zero attached hydrogens (tertiary/aromatic N) is 2. The third kappa shape index (κ3) is 2.81. The van der Waals surface area contributed by atoms with Crippen molar-refractivity contribution in [1.82, 2.24) is 15.4 Å². The van der Waals surface area contributed by atoms with E-state index in [0.29, 0.717) is 5.02 Å². The van der Waals surface area contributed by atoms with E-state index in [1.54, 1.807) is 12.4 Å². The quantitative estimate of drug-likeness (QED) is 0.675. The molecule has 2 aromatic rings. The number of halogens is 2. The van der Waals surface area contributed by atoms with Gasteiger partial charge in [-0.05, 0) is 23.8 Å². The van der Waals surface area contributed by atoms with Gasteiger partial charge in [0.15, 0.2) is 0 Å². The van der Waals surface area contributed by atoms with Gasteiger partial charge in [0.25, 0.3) is 0 Å². The molecule has 1 aromatic carbocycles. The van der Waals surface area contributed by atoms with Gasteiger partial charge in [-0.2, -0.15) is 0 Å². The number of benzene rings is 1. The maximum Gasteiger partial charge on any atom is 0.115 e. The van der Waals surface area contributed by atoms with Crippen LogP contribution in [0.1, 0.15) is 17.2 Å². The summed E-state index contributed by atoms with van der Waals surface area (Å²) in [6, 6.07) is 5.37. The molecule has 6 heteroatoms. The second-order valence-electron chi connectivity index (χ2n) is 3.44. The zero-order valence-corrected chi connectivity index (χ0v) is 11.1. The molecule has 0 aliphatic carbocycles. The maximum atomic E-state index is 6.16. The molecule has 0 bridgehead atoms.